The van der Waals surface area contributed by atoms with Crippen molar-refractivity contribution in [3.8, 4) is 0 Å². The van der Waals surface area contributed by atoms with Crippen LogP contribution in [0, 0.1) is 19.8 Å². The monoisotopic (exact) mass is 407 g/mol. The Hall–Kier alpha value is -2.42. The number of hydrogen-bond acceptors (Lipinski definition) is 6. The van der Waals surface area contributed by atoms with Gasteiger partial charge in [-0.1, -0.05) is 12.8 Å². The number of imide groups is 1. The van der Waals surface area contributed by atoms with Crippen LogP contribution in [0.15, 0.2) is 0 Å². The van der Waals surface area contributed by atoms with Gasteiger partial charge in [0.1, 0.15) is 5.00 Å². The van der Waals surface area contributed by atoms with E-state index in [1.165, 1.54) is 11.3 Å². The highest BCUT2D eigenvalue weighted by molar-refractivity contribution is 7.16. The first-order valence-corrected chi connectivity index (χ1v) is 10.3. The maximum Gasteiger partial charge on any atom is 0.341 e. The van der Waals surface area contributed by atoms with Crippen molar-refractivity contribution in [2.24, 2.45) is 5.92 Å². The molecule has 2 aliphatic rings. The normalized spacial score (nSPS) is 16.5. The van der Waals surface area contributed by atoms with Gasteiger partial charge in [0, 0.05) is 16.8 Å². The van der Waals surface area contributed by atoms with E-state index in [2.05, 4.69) is 16.0 Å². The van der Waals surface area contributed by atoms with Crippen LogP contribution in [0.25, 0.3) is 0 Å². The average Bonchev–Trinajstić information content (AvgIpc) is 3.30. The summed E-state index contributed by atoms with van der Waals surface area (Å²) in [5.74, 6) is -1.48. The topological polar surface area (TPSA) is 114 Å². The van der Waals surface area contributed by atoms with E-state index >= 15 is 0 Å². The fraction of sp³-hybridized carbons (Fsp3) is 0.579. The first kappa shape index (κ1) is 20.3. The number of urea groups is 1. The Morgan fingerprint density at radius 2 is 1.75 bits per heavy atom. The Morgan fingerprint density at radius 3 is 2.39 bits per heavy atom. The summed E-state index contributed by atoms with van der Waals surface area (Å²) in [5, 5.41) is 8.13. The van der Waals surface area contributed by atoms with Crippen molar-refractivity contribution in [2.75, 3.05) is 11.9 Å². The molecule has 0 aliphatic heterocycles. The molecule has 2 saturated carbocycles. The van der Waals surface area contributed by atoms with Gasteiger partial charge in [-0.25, -0.2) is 9.59 Å². The SMILES string of the molecule is Cc1sc(NC(=O)C2CC2)c(C(=O)OCC(=O)NC(=O)NC2CCCC2)c1C. The number of aryl methyl sites for hydroxylation is 1. The second-order valence-corrected chi connectivity index (χ2v) is 8.55. The van der Waals surface area contributed by atoms with E-state index in [1.807, 2.05) is 6.92 Å². The first-order valence-electron chi connectivity index (χ1n) is 9.53. The molecule has 2 fully saturated rings. The van der Waals surface area contributed by atoms with Gasteiger partial charge in [0.15, 0.2) is 6.61 Å². The molecule has 3 N–H and O–H groups in total. The molecule has 0 spiro atoms. The van der Waals surface area contributed by atoms with Crippen molar-refractivity contribution in [2.45, 2.75) is 58.4 Å². The average molecular weight is 407 g/mol. The number of nitrogens with one attached hydrogen (secondary N) is 3. The predicted molar refractivity (Wildman–Crippen MR) is 104 cm³/mol. The molecule has 3 rings (SSSR count). The van der Waals surface area contributed by atoms with E-state index in [4.69, 9.17) is 4.74 Å². The molecule has 152 valence electrons. The van der Waals surface area contributed by atoms with Crippen molar-refractivity contribution in [3.05, 3.63) is 16.0 Å². The summed E-state index contributed by atoms with van der Waals surface area (Å²) in [6.45, 7) is 3.05. The summed E-state index contributed by atoms with van der Waals surface area (Å²) in [6, 6.07) is -0.489. The Kier molecular flexibility index (Phi) is 6.33. The minimum absolute atomic E-state index is 0.00994. The van der Waals surface area contributed by atoms with Gasteiger partial charge >= 0.3 is 12.0 Å². The summed E-state index contributed by atoms with van der Waals surface area (Å²) < 4.78 is 5.08. The van der Waals surface area contributed by atoms with E-state index < -0.39 is 24.5 Å². The smallest absolute Gasteiger partial charge is 0.341 e. The molecule has 8 nitrogen and oxygen atoms in total. The van der Waals surface area contributed by atoms with Crippen LogP contribution >= 0.6 is 11.3 Å². The maximum absolute atomic E-state index is 12.5. The van der Waals surface area contributed by atoms with Crippen LogP contribution in [0.5, 0.6) is 0 Å². The standard InChI is InChI=1S/C19H25N3O5S/c1-10-11(2)28-17(22-16(24)12-7-8-12)15(10)18(25)27-9-14(23)21-19(26)20-13-5-3-4-6-13/h12-13H,3-9H2,1-2H3,(H,22,24)(H2,20,21,23,26). The lowest BCUT2D eigenvalue weighted by Gasteiger charge is -2.12. The Bertz CT molecular complexity index is 794. The van der Waals surface area contributed by atoms with Crippen LogP contribution in [-0.4, -0.2) is 36.5 Å². The maximum atomic E-state index is 12.5. The van der Waals surface area contributed by atoms with Gasteiger partial charge < -0.3 is 15.4 Å². The van der Waals surface area contributed by atoms with Crippen LogP contribution < -0.4 is 16.0 Å². The molecule has 0 saturated heterocycles. The lowest BCUT2D eigenvalue weighted by molar-refractivity contribution is -0.123. The zero-order valence-electron chi connectivity index (χ0n) is 16.1. The molecule has 0 unspecified atom stereocenters. The minimum atomic E-state index is -0.697. The second kappa shape index (κ2) is 8.72. The molecule has 1 aromatic rings. The zero-order chi connectivity index (χ0) is 20.3. The lowest BCUT2D eigenvalue weighted by Crippen LogP contribution is -2.45. The van der Waals surface area contributed by atoms with Crippen molar-refractivity contribution in [1.29, 1.82) is 0 Å². The van der Waals surface area contributed by atoms with Gasteiger partial charge in [0.2, 0.25) is 5.91 Å². The Balaban J connectivity index is 1.53. The van der Waals surface area contributed by atoms with Gasteiger partial charge in [-0.2, -0.15) is 0 Å². The zero-order valence-corrected chi connectivity index (χ0v) is 16.9. The summed E-state index contributed by atoms with van der Waals surface area (Å²) in [6.07, 6.45) is 5.66. The number of hydrogen-bond donors (Lipinski definition) is 3. The minimum Gasteiger partial charge on any atom is -0.452 e. The second-order valence-electron chi connectivity index (χ2n) is 7.33. The molecule has 2 aliphatic carbocycles. The molecular weight excluding hydrogens is 382 g/mol. The summed E-state index contributed by atoms with van der Waals surface area (Å²) in [5.41, 5.74) is 0.972. The molecule has 1 aromatic heterocycles. The lowest BCUT2D eigenvalue weighted by atomic mass is 10.1. The molecule has 28 heavy (non-hydrogen) atoms. The quantitative estimate of drug-likeness (QED) is 0.628. The molecule has 1 heterocycles. The van der Waals surface area contributed by atoms with Gasteiger partial charge in [0.25, 0.3) is 5.91 Å². The molecule has 0 bridgehead atoms. The number of ether oxygens (including phenoxy) is 1. The van der Waals surface area contributed by atoms with Crippen LogP contribution in [0.3, 0.4) is 0 Å². The van der Waals surface area contributed by atoms with Crippen LogP contribution in [0.1, 0.15) is 59.3 Å². The van der Waals surface area contributed by atoms with Gasteiger partial charge in [-0.05, 0) is 45.1 Å². The highest BCUT2D eigenvalue weighted by atomic mass is 32.1. The van der Waals surface area contributed by atoms with E-state index in [1.54, 1.807) is 6.92 Å². The fourth-order valence-corrected chi connectivity index (χ4v) is 4.23. The van der Waals surface area contributed by atoms with Crippen LogP contribution in [0.4, 0.5) is 9.80 Å². The van der Waals surface area contributed by atoms with Gasteiger partial charge in [0.05, 0.1) is 5.56 Å². The fourth-order valence-electron chi connectivity index (χ4n) is 3.18. The van der Waals surface area contributed by atoms with Crippen molar-refractivity contribution in [3.63, 3.8) is 0 Å². The number of rotatable bonds is 6. The number of carbonyl (C=O) groups is 4. The van der Waals surface area contributed by atoms with Gasteiger partial charge in [-0.3, -0.25) is 14.9 Å². The van der Waals surface area contributed by atoms with E-state index in [0.717, 1.165) is 43.4 Å². The summed E-state index contributed by atoms with van der Waals surface area (Å²) >= 11 is 1.31. The number of thiophene rings is 1. The molecule has 9 heteroatoms. The predicted octanol–water partition coefficient (Wildman–Crippen LogP) is 2.64. The van der Waals surface area contributed by atoms with E-state index in [-0.39, 0.29) is 23.4 Å². The highest BCUT2D eigenvalue weighted by Crippen LogP contribution is 2.36. The number of amides is 4. The van der Waals surface area contributed by atoms with Crippen molar-refractivity contribution >= 4 is 40.2 Å². The third-order valence-corrected chi connectivity index (χ3v) is 6.17. The molecular formula is C19H25N3O5S. The number of esters is 1. The number of carbonyl (C=O) groups excluding carboxylic acids is 4. The van der Waals surface area contributed by atoms with E-state index in [0.29, 0.717) is 10.6 Å². The van der Waals surface area contributed by atoms with Crippen LogP contribution in [-0.2, 0) is 14.3 Å². The Morgan fingerprint density at radius 1 is 1.07 bits per heavy atom. The first-order chi connectivity index (χ1) is 13.3. The van der Waals surface area contributed by atoms with E-state index in [9.17, 15) is 19.2 Å². The summed E-state index contributed by atoms with van der Waals surface area (Å²) in [4.78, 5) is 49.1. The molecule has 4 amide bonds. The highest BCUT2D eigenvalue weighted by Gasteiger charge is 2.32. The largest absolute Gasteiger partial charge is 0.452 e. The molecule has 0 aromatic carbocycles. The van der Waals surface area contributed by atoms with Crippen molar-refractivity contribution < 1.29 is 23.9 Å². The Labute approximate surface area is 167 Å². The van der Waals surface area contributed by atoms with Crippen molar-refractivity contribution in [1.82, 2.24) is 10.6 Å². The van der Waals surface area contributed by atoms with Crippen LogP contribution in [0.2, 0.25) is 0 Å². The summed E-state index contributed by atoms with van der Waals surface area (Å²) in [7, 11) is 0. The molecule has 0 atom stereocenters. The van der Waals surface area contributed by atoms with Gasteiger partial charge in [-0.15, -0.1) is 11.3 Å². The third-order valence-electron chi connectivity index (χ3n) is 5.05. The third kappa shape index (κ3) is 5.09. The molecule has 0 radical (unpaired) electrons. The number of anilines is 1.